The molecule has 0 spiro atoms. The molecule has 0 saturated heterocycles. The van der Waals surface area contributed by atoms with Gasteiger partial charge >= 0.3 is 0 Å². The normalized spacial score (nSPS) is 11.1. The van der Waals surface area contributed by atoms with Crippen LogP contribution < -0.4 is 0 Å². The van der Waals surface area contributed by atoms with E-state index in [9.17, 15) is 0 Å². The van der Waals surface area contributed by atoms with Gasteiger partial charge in [-0.1, -0.05) is 39.7 Å². The standard InChI is InChI=1S/C14H10BrClN2/c1-8-5-10(15)7-12-13(8)18-14(17-12)9-3-2-4-11(16)6-9/h2-7H,1H3,(H,17,18). The van der Waals surface area contributed by atoms with Gasteiger partial charge in [0.1, 0.15) is 5.82 Å². The predicted octanol–water partition coefficient (Wildman–Crippen LogP) is 4.95. The van der Waals surface area contributed by atoms with Crippen LogP contribution in [-0.4, -0.2) is 9.97 Å². The number of aryl methyl sites for hydroxylation is 1. The summed E-state index contributed by atoms with van der Waals surface area (Å²) in [6, 6.07) is 11.8. The summed E-state index contributed by atoms with van der Waals surface area (Å²) < 4.78 is 1.05. The first-order valence-electron chi connectivity index (χ1n) is 5.55. The number of hydrogen-bond donors (Lipinski definition) is 1. The lowest BCUT2D eigenvalue weighted by atomic mass is 10.2. The zero-order valence-electron chi connectivity index (χ0n) is 9.67. The highest BCUT2D eigenvalue weighted by Crippen LogP contribution is 2.26. The van der Waals surface area contributed by atoms with E-state index in [1.165, 1.54) is 0 Å². The number of H-pyrrole nitrogens is 1. The van der Waals surface area contributed by atoms with E-state index in [1.54, 1.807) is 0 Å². The molecule has 90 valence electrons. The third-order valence-electron chi connectivity index (χ3n) is 2.84. The summed E-state index contributed by atoms with van der Waals surface area (Å²) in [5, 5.41) is 0.714. The van der Waals surface area contributed by atoms with Gasteiger partial charge in [-0.3, -0.25) is 0 Å². The third-order valence-corrected chi connectivity index (χ3v) is 3.53. The maximum atomic E-state index is 6.00. The van der Waals surface area contributed by atoms with Crippen LogP contribution in [0.25, 0.3) is 22.4 Å². The number of hydrogen-bond acceptors (Lipinski definition) is 1. The molecule has 1 aromatic heterocycles. The van der Waals surface area contributed by atoms with Gasteiger partial charge in [-0.25, -0.2) is 4.98 Å². The molecule has 0 radical (unpaired) electrons. The molecular weight excluding hydrogens is 312 g/mol. The first-order chi connectivity index (χ1) is 8.63. The summed E-state index contributed by atoms with van der Waals surface area (Å²) in [5.41, 5.74) is 4.16. The van der Waals surface area contributed by atoms with Crippen LogP contribution in [0, 0.1) is 6.92 Å². The Morgan fingerprint density at radius 1 is 1.22 bits per heavy atom. The van der Waals surface area contributed by atoms with Crippen molar-refractivity contribution < 1.29 is 0 Å². The maximum Gasteiger partial charge on any atom is 0.138 e. The number of fused-ring (bicyclic) bond motifs is 1. The van der Waals surface area contributed by atoms with E-state index >= 15 is 0 Å². The predicted molar refractivity (Wildman–Crippen MR) is 79.0 cm³/mol. The van der Waals surface area contributed by atoms with Crippen molar-refractivity contribution in [2.45, 2.75) is 6.92 Å². The Bertz CT molecular complexity index is 734. The summed E-state index contributed by atoms with van der Waals surface area (Å²) in [6.45, 7) is 2.05. The van der Waals surface area contributed by atoms with Crippen molar-refractivity contribution in [3.63, 3.8) is 0 Å². The van der Waals surface area contributed by atoms with Crippen LogP contribution in [0.15, 0.2) is 40.9 Å². The summed E-state index contributed by atoms with van der Waals surface area (Å²) in [4.78, 5) is 7.95. The minimum atomic E-state index is 0.714. The average Bonchev–Trinajstić information content (AvgIpc) is 2.73. The van der Waals surface area contributed by atoms with E-state index in [0.717, 1.165) is 32.5 Å². The molecule has 2 nitrogen and oxygen atoms in total. The van der Waals surface area contributed by atoms with Gasteiger partial charge in [0.25, 0.3) is 0 Å². The zero-order chi connectivity index (χ0) is 12.7. The van der Waals surface area contributed by atoms with Gasteiger partial charge in [0, 0.05) is 15.1 Å². The lowest BCUT2D eigenvalue weighted by Crippen LogP contribution is -1.79. The largest absolute Gasteiger partial charge is 0.338 e. The number of benzene rings is 2. The van der Waals surface area contributed by atoms with Crippen molar-refractivity contribution in [1.29, 1.82) is 0 Å². The molecule has 0 bridgehead atoms. The first-order valence-corrected chi connectivity index (χ1v) is 6.72. The fraction of sp³-hybridized carbons (Fsp3) is 0.0714. The van der Waals surface area contributed by atoms with Crippen molar-refractivity contribution in [2.24, 2.45) is 0 Å². The van der Waals surface area contributed by atoms with E-state index in [-0.39, 0.29) is 0 Å². The van der Waals surface area contributed by atoms with Crippen LogP contribution in [-0.2, 0) is 0 Å². The summed E-state index contributed by atoms with van der Waals surface area (Å²) >= 11 is 9.49. The van der Waals surface area contributed by atoms with Gasteiger partial charge in [-0.2, -0.15) is 0 Å². The van der Waals surface area contributed by atoms with Gasteiger partial charge in [0.2, 0.25) is 0 Å². The molecule has 1 heterocycles. The van der Waals surface area contributed by atoms with Crippen LogP contribution in [0.1, 0.15) is 5.56 Å². The lowest BCUT2D eigenvalue weighted by molar-refractivity contribution is 1.33. The molecule has 0 aliphatic carbocycles. The molecule has 0 saturated carbocycles. The van der Waals surface area contributed by atoms with Gasteiger partial charge in [0.05, 0.1) is 11.0 Å². The Labute approximate surface area is 118 Å². The van der Waals surface area contributed by atoms with Crippen molar-refractivity contribution in [1.82, 2.24) is 9.97 Å². The molecule has 0 unspecified atom stereocenters. The molecule has 1 N–H and O–H groups in total. The number of rotatable bonds is 1. The molecule has 18 heavy (non-hydrogen) atoms. The number of halogens is 2. The number of aromatic nitrogens is 2. The van der Waals surface area contributed by atoms with Crippen LogP contribution >= 0.6 is 27.5 Å². The van der Waals surface area contributed by atoms with Crippen molar-refractivity contribution in [3.8, 4) is 11.4 Å². The van der Waals surface area contributed by atoms with Crippen molar-refractivity contribution in [2.75, 3.05) is 0 Å². The average molecular weight is 322 g/mol. The Balaban J connectivity index is 2.22. The molecule has 0 atom stereocenters. The van der Waals surface area contributed by atoms with E-state index in [2.05, 4.69) is 38.9 Å². The molecular formula is C14H10BrClN2. The zero-order valence-corrected chi connectivity index (χ0v) is 12.0. The van der Waals surface area contributed by atoms with E-state index < -0.39 is 0 Å². The highest BCUT2D eigenvalue weighted by atomic mass is 79.9. The van der Waals surface area contributed by atoms with Crippen molar-refractivity contribution in [3.05, 3.63) is 51.5 Å². The second-order valence-electron chi connectivity index (χ2n) is 4.21. The molecule has 0 aliphatic rings. The van der Waals surface area contributed by atoms with Gasteiger partial charge in [-0.05, 0) is 36.8 Å². The Kier molecular flexibility index (Phi) is 2.88. The van der Waals surface area contributed by atoms with E-state index in [1.807, 2.05) is 30.3 Å². The smallest absolute Gasteiger partial charge is 0.138 e. The second-order valence-corrected chi connectivity index (χ2v) is 5.57. The summed E-state index contributed by atoms with van der Waals surface area (Å²) in [5.74, 6) is 0.841. The Morgan fingerprint density at radius 3 is 2.83 bits per heavy atom. The molecule has 0 amide bonds. The maximum absolute atomic E-state index is 6.00. The minimum absolute atomic E-state index is 0.714. The summed E-state index contributed by atoms with van der Waals surface area (Å²) in [7, 11) is 0. The Hall–Kier alpha value is -1.32. The fourth-order valence-corrected chi connectivity index (χ4v) is 2.78. The van der Waals surface area contributed by atoms with E-state index in [4.69, 9.17) is 11.6 Å². The molecule has 3 rings (SSSR count). The molecule has 3 aromatic rings. The number of nitrogens with one attached hydrogen (secondary N) is 1. The lowest BCUT2D eigenvalue weighted by Gasteiger charge is -1.96. The summed E-state index contributed by atoms with van der Waals surface area (Å²) in [6.07, 6.45) is 0. The number of imidazole rings is 1. The highest BCUT2D eigenvalue weighted by molar-refractivity contribution is 9.10. The van der Waals surface area contributed by atoms with Gasteiger partial charge < -0.3 is 4.98 Å². The molecule has 2 aromatic carbocycles. The Morgan fingerprint density at radius 2 is 2.06 bits per heavy atom. The second kappa shape index (κ2) is 4.41. The minimum Gasteiger partial charge on any atom is -0.338 e. The topological polar surface area (TPSA) is 28.7 Å². The van der Waals surface area contributed by atoms with Crippen LogP contribution in [0.4, 0.5) is 0 Å². The third kappa shape index (κ3) is 2.04. The number of nitrogens with zero attached hydrogens (tertiary/aromatic N) is 1. The quantitative estimate of drug-likeness (QED) is 0.674. The molecule has 0 fully saturated rings. The van der Waals surface area contributed by atoms with Crippen LogP contribution in [0.2, 0.25) is 5.02 Å². The van der Waals surface area contributed by atoms with Crippen molar-refractivity contribution >= 4 is 38.6 Å². The van der Waals surface area contributed by atoms with Crippen LogP contribution in [0.5, 0.6) is 0 Å². The number of aromatic amines is 1. The van der Waals surface area contributed by atoms with Gasteiger partial charge in [-0.15, -0.1) is 0 Å². The molecule has 4 heteroatoms. The first kappa shape index (κ1) is 11.8. The monoisotopic (exact) mass is 320 g/mol. The molecule has 0 aliphatic heterocycles. The van der Waals surface area contributed by atoms with E-state index in [0.29, 0.717) is 5.02 Å². The van der Waals surface area contributed by atoms with Crippen LogP contribution in [0.3, 0.4) is 0 Å². The highest BCUT2D eigenvalue weighted by Gasteiger charge is 2.08. The fourth-order valence-electron chi connectivity index (χ4n) is 2.02. The van der Waals surface area contributed by atoms with Gasteiger partial charge in [0.15, 0.2) is 0 Å². The SMILES string of the molecule is Cc1cc(Br)cc2[nH]c(-c3cccc(Cl)c3)nc12.